The Labute approximate surface area is 92.9 Å². The van der Waals surface area contributed by atoms with Gasteiger partial charge < -0.3 is 5.11 Å². The molecule has 1 heterocycles. The van der Waals surface area contributed by atoms with Crippen LogP contribution < -0.4 is 5.69 Å². The number of nitrogens with one attached hydrogen (secondary N) is 1. The molecule has 0 aromatic carbocycles. The number of aromatic amines is 1. The third-order valence-electron chi connectivity index (χ3n) is 2.62. The zero-order valence-corrected chi connectivity index (χ0v) is 10.1. The Morgan fingerprint density at radius 3 is 2.53 bits per heavy atom. The minimum atomic E-state index is -0.667. The van der Waals surface area contributed by atoms with Gasteiger partial charge in [-0.2, -0.15) is 0 Å². The van der Waals surface area contributed by atoms with Crippen molar-refractivity contribution in [2.75, 3.05) is 5.75 Å². The molecule has 1 aromatic heterocycles. The van der Waals surface area contributed by atoms with Gasteiger partial charge in [0.2, 0.25) is 0 Å². The largest absolute Gasteiger partial charge is 0.389 e. The molecule has 0 bridgehead atoms. The number of aromatic nitrogens is 3. The normalized spacial score (nSPS) is 12.0. The Morgan fingerprint density at radius 1 is 1.53 bits per heavy atom. The molecule has 15 heavy (non-hydrogen) atoms. The van der Waals surface area contributed by atoms with Crippen LogP contribution >= 0.6 is 11.8 Å². The molecule has 5 nitrogen and oxygen atoms in total. The fourth-order valence-electron chi connectivity index (χ4n) is 1.11. The number of H-pyrrole nitrogens is 1. The van der Waals surface area contributed by atoms with E-state index >= 15 is 0 Å². The van der Waals surface area contributed by atoms with Gasteiger partial charge in [0.1, 0.15) is 0 Å². The predicted molar refractivity (Wildman–Crippen MR) is 60.1 cm³/mol. The van der Waals surface area contributed by atoms with E-state index in [4.69, 9.17) is 0 Å². The van der Waals surface area contributed by atoms with E-state index in [-0.39, 0.29) is 5.69 Å². The molecule has 1 rings (SSSR count). The second-order valence-corrected chi connectivity index (χ2v) is 4.53. The van der Waals surface area contributed by atoms with Crippen molar-refractivity contribution in [2.24, 2.45) is 7.05 Å². The predicted octanol–water partition coefficient (Wildman–Crippen LogP) is 0.752. The van der Waals surface area contributed by atoms with E-state index in [9.17, 15) is 9.90 Å². The lowest BCUT2D eigenvalue weighted by Crippen LogP contribution is -2.29. The molecule has 0 atom stereocenters. The summed E-state index contributed by atoms with van der Waals surface area (Å²) in [5.74, 6) is 0.554. The number of rotatable bonds is 5. The highest BCUT2D eigenvalue weighted by Gasteiger charge is 2.23. The van der Waals surface area contributed by atoms with Gasteiger partial charge in [0.05, 0.1) is 5.60 Å². The molecule has 1 aromatic rings. The minimum absolute atomic E-state index is 0.228. The first-order valence-corrected chi connectivity index (χ1v) is 5.97. The second-order valence-electron chi connectivity index (χ2n) is 3.59. The van der Waals surface area contributed by atoms with Crippen LogP contribution in [0.25, 0.3) is 0 Å². The van der Waals surface area contributed by atoms with Crippen molar-refractivity contribution < 1.29 is 5.11 Å². The summed E-state index contributed by atoms with van der Waals surface area (Å²) in [4.78, 5) is 11.1. The summed E-state index contributed by atoms with van der Waals surface area (Å²) in [6.45, 7) is 3.90. The molecule has 86 valence electrons. The Hall–Kier alpha value is -0.750. The van der Waals surface area contributed by atoms with Crippen LogP contribution in [0.5, 0.6) is 0 Å². The van der Waals surface area contributed by atoms with Gasteiger partial charge in [-0.05, 0) is 12.8 Å². The molecule has 0 aliphatic heterocycles. The Bertz CT molecular complexity index is 368. The van der Waals surface area contributed by atoms with Crippen LogP contribution in [0.4, 0.5) is 0 Å². The van der Waals surface area contributed by atoms with Gasteiger partial charge in [-0.25, -0.2) is 9.89 Å². The van der Waals surface area contributed by atoms with Crippen LogP contribution in [0.1, 0.15) is 26.7 Å². The Balaban J connectivity index is 2.64. The highest BCUT2D eigenvalue weighted by molar-refractivity contribution is 7.99. The second kappa shape index (κ2) is 4.85. The summed E-state index contributed by atoms with van der Waals surface area (Å²) in [7, 11) is 1.66. The zero-order valence-electron chi connectivity index (χ0n) is 9.28. The summed E-state index contributed by atoms with van der Waals surface area (Å²) in [6.07, 6.45) is 1.41. The first-order chi connectivity index (χ1) is 7.02. The maximum atomic E-state index is 11.1. The van der Waals surface area contributed by atoms with E-state index in [1.165, 1.54) is 16.3 Å². The van der Waals surface area contributed by atoms with Gasteiger partial charge in [-0.3, -0.25) is 4.57 Å². The highest BCUT2D eigenvalue weighted by Crippen LogP contribution is 2.24. The van der Waals surface area contributed by atoms with Crippen molar-refractivity contribution in [3.8, 4) is 0 Å². The van der Waals surface area contributed by atoms with Crippen LogP contribution in [-0.2, 0) is 7.05 Å². The first kappa shape index (κ1) is 12.3. The molecule has 0 amide bonds. The van der Waals surface area contributed by atoms with Gasteiger partial charge in [-0.1, -0.05) is 25.6 Å². The lowest BCUT2D eigenvalue weighted by Gasteiger charge is -2.23. The Morgan fingerprint density at radius 2 is 2.13 bits per heavy atom. The van der Waals surface area contributed by atoms with Crippen molar-refractivity contribution in [3.05, 3.63) is 10.5 Å². The van der Waals surface area contributed by atoms with Crippen LogP contribution in [0.2, 0.25) is 0 Å². The molecule has 0 saturated heterocycles. The maximum Gasteiger partial charge on any atom is 0.343 e. The molecular formula is C9H17N3O2S. The topological polar surface area (TPSA) is 70.9 Å². The molecule has 6 heteroatoms. The van der Waals surface area contributed by atoms with Gasteiger partial charge in [-0.15, -0.1) is 5.10 Å². The molecule has 0 radical (unpaired) electrons. The lowest BCUT2D eigenvalue weighted by molar-refractivity contribution is 0.0571. The van der Waals surface area contributed by atoms with E-state index < -0.39 is 5.60 Å². The van der Waals surface area contributed by atoms with Crippen molar-refractivity contribution in [1.82, 2.24) is 14.8 Å². The van der Waals surface area contributed by atoms with E-state index in [1.807, 2.05) is 13.8 Å². The van der Waals surface area contributed by atoms with Crippen LogP contribution in [0, 0.1) is 0 Å². The van der Waals surface area contributed by atoms with Crippen molar-refractivity contribution in [1.29, 1.82) is 0 Å². The quantitative estimate of drug-likeness (QED) is 0.734. The van der Waals surface area contributed by atoms with Crippen LogP contribution in [0.15, 0.2) is 9.95 Å². The third kappa shape index (κ3) is 2.85. The number of hydrogen-bond acceptors (Lipinski definition) is 4. The average Bonchev–Trinajstić information content (AvgIpc) is 2.57. The Kier molecular flexibility index (Phi) is 3.98. The summed E-state index contributed by atoms with van der Waals surface area (Å²) < 4.78 is 1.44. The molecular weight excluding hydrogens is 214 g/mol. The van der Waals surface area contributed by atoms with Crippen molar-refractivity contribution in [3.63, 3.8) is 0 Å². The van der Waals surface area contributed by atoms with E-state index in [0.717, 1.165) is 0 Å². The zero-order chi connectivity index (χ0) is 11.5. The smallest absolute Gasteiger partial charge is 0.343 e. The van der Waals surface area contributed by atoms with Gasteiger partial charge >= 0.3 is 5.69 Å². The van der Waals surface area contributed by atoms with E-state index in [0.29, 0.717) is 23.8 Å². The van der Waals surface area contributed by atoms with Crippen LogP contribution in [0.3, 0.4) is 0 Å². The van der Waals surface area contributed by atoms with Crippen molar-refractivity contribution in [2.45, 2.75) is 37.4 Å². The standard InChI is InChI=1S/C9H17N3O2S/c1-4-9(14,5-2)6-15-8-11-10-7(13)12(8)3/h14H,4-6H2,1-3H3,(H,10,13). The molecule has 0 aliphatic carbocycles. The summed E-state index contributed by atoms with van der Waals surface area (Å²) in [6, 6.07) is 0. The lowest BCUT2D eigenvalue weighted by atomic mass is 10.0. The van der Waals surface area contributed by atoms with E-state index in [2.05, 4.69) is 10.2 Å². The SMILES string of the molecule is CCC(O)(CC)CSc1n[nH]c(=O)n1C. The summed E-state index contributed by atoms with van der Waals surface area (Å²) in [5.41, 5.74) is -0.895. The van der Waals surface area contributed by atoms with E-state index in [1.54, 1.807) is 7.05 Å². The molecule has 2 N–H and O–H groups in total. The highest BCUT2D eigenvalue weighted by atomic mass is 32.2. The third-order valence-corrected chi connectivity index (χ3v) is 3.93. The number of nitrogens with zero attached hydrogens (tertiary/aromatic N) is 2. The number of aliphatic hydroxyl groups is 1. The maximum absolute atomic E-state index is 11.1. The molecule has 0 aliphatic rings. The van der Waals surface area contributed by atoms with Gasteiger partial charge in [0, 0.05) is 12.8 Å². The monoisotopic (exact) mass is 231 g/mol. The average molecular weight is 231 g/mol. The van der Waals surface area contributed by atoms with Gasteiger partial charge in [0.25, 0.3) is 0 Å². The fourth-order valence-corrected chi connectivity index (χ4v) is 2.31. The van der Waals surface area contributed by atoms with Crippen LogP contribution in [-0.4, -0.2) is 31.2 Å². The van der Waals surface area contributed by atoms with Crippen molar-refractivity contribution >= 4 is 11.8 Å². The van der Waals surface area contributed by atoms with Gasteiger partial charge in [0.15, 0.2) is 5.16 Å². The first-order valence-electron chi connectivity index (χ1n) is 4.99. The molecule has 0 fully saturated rings. The fraction of sp³-hybridized carbons (Fsp3) is 0.778. The molecule has 0 spiro atoms. The number of thioether (sulfide) groups is 1. The molecule has 0 saturated carbocycles. The summed E-state index contributed by atoms with van der Waals surface area (Å²) >= 11 is 1.39. The molecule has 0 unspecified atom stereocenters. The minimum Gasteiger partial charge on any atom is -0.389 e. The number of hydrogen-bond donors (Lipinski definition) is 2. The summed E-state index contributed by atoms with van der Waals surface area (Å²) in [5, 5.41) is 16.9.